The van der Waals surface area contributed by atoms with Gasteiger partial charge in [-0.15, -0.1) is 0 Å². The summed E-state index contributed by atoms with van der Waals surface area (Å²) in [4.78, 5) is 115. The number of alkyl carbamates (subject to hydrolysis) is 2. The Morgan fingerprint density at radius 1 is 0.723 bits per heavy atom. The van der Waals surface area contributed by atoms with Gasteiger partial charge in [0.1, 0.15) is 41.0 Å². The van der Waals surface area contributed by atoms with Crippen molar-refractivity contribution >= 4 is 53.7 Å². The molecular weight excluding hydrogens is 841 g/mol. The van der Waals surface area contributed by atoms with Crippen molar-refractivity contribution in [2.45, 2.75) is 169 Å². The molecule has 1 aromatic rings. The van der Waals surface area contributed by atoms with E-state index < -0.39 is 107 Å². The summed E-state index contributed by atoms with van der Waals surface area (Å²) in [7, 11) is 1.40. The lowest BCUT2D eigenvalue weighted by molar-refractivity contribution is -0.157. The van der Waals surface area contributed by atoms with Crippen LogP contribution in [0.5, 0.6) is 0 Å². The van der Waals surface area contributed by atoms with Gasteiger partial charge in [-0.2, -0.15) is 0 Å². The summed E-state index contributed by atoms with van der Waals surface area (Å²) in [6.45, 7) is 19.8. The van der Waals surface area contributed by atoms with Gasteiger partial charge in [-0.3, -0.25) is 44.4 Å². The monoisotopic (exact) mass is 913 g/mol. The first kappa shape index (κ1) is 55.1. The Kier molecular flexibility index (Phi) is 21.1. The van der Waals surface area contributed by atoms with E-state index in [1.807, 2.05) is 19.1 Å². The number of nitrogens with one attached hydrogen (secondary N) is 6. The smallest absolute Gasteiger partial charge is 0.414 e. The normalized spacial score (nSPS) is 21.9. The third-order valence-corrected chi connectivity index (χ3v) is 9.48. The summed E-state index contributed by atoms with van der Waals surface area (Å²) in [5, 5.41) is 15.7. The van der Waals surface area contributed by atoms with Crippen LogP contribution < -0.4 is 31.9 Å². The van der Waals surface area contributed by atoms with E-state index in [-0.39, 0.29) is 38.2 Å². The summed E-state index contributed by atoms with van der Waals surface area (Å²) in [5.74, 6) is -5.53. The molecule has 1 saturated heterocycles. The number of likely N-dealkylation sites (N-methyl/N-ethyl adjacent to an activating group) is 1. The molecule has 1 aromatic carbocycles. The van der Waals surface area contributed by atoms with Crippen LogP contribution in [0, 0.1) is 5.92 Å². The molecule has 1 aliphatic rings. The number of ether oxygens (including phenoxy) is 3. The SMILES string of the molecule is CC/C=C/C[C@H]1NC(=O)[C@H](C)NC(=O)[C@H](CC(=O)OC(C)(C)C)NC(=O)[C@H](Cc2ccccc2)N(C)C(=O)[C@H](CCCN=C(NC(=O)OC(C)(C)C)NC(=O)OC(C)(C)C)NC(=O)C1C. The fourth-order valence-electron chi connectivity index (χ4n) is 6.29. The predicted molar refractivity (Wildman–Crippen MR) is 244 cm³/mol. The fraction of sp³-hybridized carbons (Fsp3) is 0.630. The van der Waals surface area contributed by atoms with E-state index in [9.17, 15) is 38.4 Å². The molecule has 65 heavy (non-hydrogen) atoms. The van der Waals surface area contributed by atoms with Gasteiger partial charge in [-0.25, -0.2) is 9.59 Å². The molecule has 19 heteroatoms. The van der Waals surface area contributed by atoms with E-state index in [1.165, 1.54) is 18.9 Å². The van der Waals surface area contributed by atoms with Gasteiger partial charge in [0.15, 0.2) is 0 Å². The van der Waals surface area contributed by atoms with Gasteiger partial charge in [0.05, 0.1) is 12.3 Å². The number of carbonyl (C=O) groups is 8. The standard InChI is InChI=1S/C46H72N8O11/c1-14-15-17-23-31-28(2)36(56)50-32(24-20-25-47-41(52-42(61)64-45(7,8)9)53-43(62)65-46(10,11)12)40(60)54(13)34(26-30-21-18-16-19-22-30)39(59)51-33(27-35(55)63-44(4,5)6)38(58)48-29(3)37(57)49-31/h15-19,21-22,28-29,31-34H,14,20,23-27H2,1-13H3,(H,48,58)(H,49,57)(H,50,56)(H,51,59)(H2,47,52,53,61,62)/b17-15+/t28?,29-,31+,32-,33-,34-/m0/s1. The Hall–Kier alpha value is -6.01. The molecule has 6 atom stereocenters. The van der Waals surface area contributed by atoms with Crippen molar-refractivity contribution in [2.24, 2.45) is 10.9 Å². The minimum atomic E-state index is -1.52. The van der Waals surface area contributed by atoms with Crippen LogP contribution in [0.2, 0.25) is 0 Å². The number of allylic oxidation sites excluding steroid dienone is 1. The van der Waals surface area contributed by atoms with Crippen molar-refractivity contribution in [1.82, 2.24) is 36.8 Å². The van der Waals surface area contributed by atoms with Crippen molar-refractivity contribution in [3.63, 3.8) is 0 Å². The molecule has 0 aliphatic carbocycles. The summed E-state index contributed by atoms with van der Waals surface area (Å²) in [6, 6.07) is 2.80. The Bertz CT molecular complexity index is 1850. The first-order valence-corrected chi connectivity index (χ1v) is 22.0. The number of benzene rings is 1. The average molecular weight is 913 g/mol. The Morgan fingerprint density at radius 2 is 1.28 bits per heavy atom. The van der Waals surface area contributed by atoms with E-state index in [1.54, 1.807) is 99.6 Å². The lowest BCUT2D eigenvalue weighted by Gasteiger charge is -2.34. The highest BCUT2D eigenvalue weighted by atomic mass is 16.6. The molecule has 362 valence electrons. The van der Waals surface area contributed by atoms with Crippen molar-refractivity contribution < 1.29 is 52.6 Å². The van der Waals surface area contributed by atoms with E-state index in [0.717, 1.165) is 0 Å². The van der Waals surface area contributed by atoms with E-state index in [4.69, 9.17) is 14.2 Å². The third-order valence-electron chi connectivity index (χ3n) is 9.48. The zero-order chi connectivity index (χ0) is 49.3. The van der Waals surface area contributed by atoms with Crippen LogP contribution in [0.3, 0.4) is 0 Å². The minimum absolute atomic E-state index is 0.0300. The minimum Gasteiger partial charge on any atom is -0.460 e. The predicted octanol–water partition coefficient (Wildman–Crippen LogP) is 3.94. The number of nitrogens with zero attached hydrogens (tertiary/aromatic N) is 2. The Labute approximate surface area is 383 Å². The maximum atomic E-state index is 14.7. The van der Waals surface area contributed by atoms with Crippen LogP contribution in [-0.4, -0.2) is 119 Å². The van der Waals surface area contributed by atoms with E-state index in [2.05, 4.69) is 36.9 Å². The highest BCUT2D eigenvalue weighted by molar-refractivity contribution is 6.01. The van der Waals surface area contributed by atoms with E-state index >= 15 is 0 Å². The second-order valence-corrected chi connectivity index (χ2v) is 18.9. The van der Waals surface area contributed by atoms with Gasteiger partial charge < -0.3 is 40.4 Å². The van der Waals surface area contributed by atoms with Crippen LogP contribution in [0.4, 0.5) is 9.59 Å². The number of esters is 1. The number of hydrogen-bond donors (Lipinski definition) is 6. The zero-order valence-electron chi connectivity index (χ0n) is 40.3. The molecule has 2 rings (SSSR count). The molecule has 0 radical (unpaired) electrons. The number of amides is 7. The van der Waals surface area contributed by atoms with Crippen molar-refractivity contribution in [3.05, 3.63) is 48.0 Å². The van der Waals surface area contributed by atoms with Crippen LogP contribution in [0.15, 0.2) is 47.5 Å². The number of guanidine groups is 1. The third kappa shape index (κ3) is 21.0. The van der Waals surface area contributed by atoms with Crippen LogP contribution >= 0.6 is 0 Å². The van der Waals surface area contributed by atoms with Crippen LogP contribution in [0.1, 0.15) is 121 Å². The van der Waals surface area contributed by atoms with Gasteiger partial charge in [0, 0.05) is 26.1 Å². The second kappa shape index (κ2) is 24.9. The topological polar surface area (TPSA) is 252 Å². The van der Waals surface area contributed by atoms with Crippen LogP contribution in [-0.2, 0) is 49.4 Å². The van der Waals surface area contributed by atoms with Gasteiger partial charge in [-0.1, -0.05) is 56.3 Å². The molecule has 6 N–H and O–H groups in total. The number of rotatable bonds is 11. The highest BCUT2D eigenvalue weighted by Gasteiger charge is 2.38. The largest absolute Gasteiger partial charge is 0.460 e. The number of carbonyl (C=O) groups excluding carboxylic acids is 8. The number of hydrogen-bond acceptors (Lipinski definition) is 12. The molecular formula is C46H72N8O11. The lowest BCUT2D eigenvalue weighted by Crippen LogP contribution is -2.61. The van der Waals surface area contributed by atoms with Crippen LogP contribution in [0.25, 0.3) is 0 Å². The van der Waals surface area contributed by atoms with Crippen molar-refractivity contribution in [1.29, 1.82) is 0 Å². The molecule has 19 nitrogen and oxygen atoms in total. The Morgan fingerprint density at radius 3 is 1.82 bits per heavy atom. The van der Waals surface area contributed by atoms with Gasteiger partial charge in [0.2, 0.25) is 35.5 Å². The molecule has 0 aromatic heterocycles. The average Bonchev–Trinajstić information content (AvgIpc) is 3.17. The lowest BCUT2D eigenvalue weighted by atomic mass is 9.95. The van der Waals surface area contributed by atoms with Gasteiger partial charge in [-0.05, 0) is 100 Å². The quantitative estimate of drug-likeness (QED) is 0.0463. The number of aliphatic imine (C=N–C) groups is 1. The fourth-order valence-corrected chi connectivity index (χ4v) is 6.29. The summed E-state index contributed by atoms with van der Waals surface area (Å²) >= 11 is 0. The van der Waals surface area contributed by atoms with Crippen molar-refractivity contribution in [3.8, 4) is 0 Å². The molecule has 1 heterocycles. The van der Waals surface area contributed by atoms with Gasteiger partial charge in [0.25, 0.3) is 0 Å². The molecule has 1 fully saturated rings. The maximum Gasteiger partial charge on any atom is 0.414 e. The molecule has 0 bridgehead atoms. The molecule has 1 unspecified atom stereocenters. The Balaban J connectivity index is 2.68. The maximum absolute atomic E-state index is 14.7. The second-order valence-electron chi connectivity index (χ2n) is 18.9. The molecule has 0 saturated carbocycles. The first-order chi connectivity index (χ1) is 30.1. The highest BCUT2D eigenvalue weighted by Crippen LogP contribution is 2.17. The zero-order valence-corrected chi connectivity index (χ0v) is 40.3. The van der Waals surface area contributed by atoms with E-state index in [0.29, 0.717) is 12.0 Å². The first-order valence-electron chi connectivity index (χ1n) is 22.0. The van der Waals surface area contributed by atoms with Crippen molar-refractivity contribution in [2.75, 3.05) is 13.6 Å². The molecule has 7 amide bonds. The molecule has 0 spiro atoms. The molecule has 1 aliphatic heterocycles. The van der Waals surface area contributed by atoms with Gasteiger partial charge >= 0.3 is 18.2 Å². The summed E-state index contributed by atoms with van der Waals surface area (Å²) < 4.78 is 16.1. The summed E-state index contributed by atoms with van der Waals surface area (Å²) in [5.41, 5.74) is -2.01. The summed E-state index contributed by atoms with van der Waals surface area (Å²) in [6.07, 6.45) is 2.24.